The Labute approximate surface area is 99.7 Å². The van der Waals surface area contributed by atoms with Crippen LogP contribution in [0.4, 0.5) is 4.79 Å². The molecule has 0 aromatic heterocycles. The molecule has 3 N–H and O–H groups in total. The highest BCUT2D eigenvalue weighted by Crippen LogP contribution is 2.06. The normalized spacial score (nSPS) is 11.2. The molecule has 0 bridgehead atoms. The third-order valence-corrected chi connectivity index (χ3v) is 1.48. The second kappa shape index (κ2) is 7.08. The van der Waals surface area contributed by atoms with Gasteiger partial charge in [-0.2, -0.15) is 0 Å². The number of ether oxygens (including phenoxy) is 2. The second-order valence-corrected chi connectivity index (χ2v) is 4.33. The summed E-state index contributed by atoms with van der Waals surface area (Å²) in [5, 5.41) is 19.5. The Morgan fingerprint density at radius 3 is 2.18 bits per heavy atom. The van der Waals surface area contributed by atoms with Crippen molar-refractivity contribution in [1.29, 1.82) is 0 Å². The van der Waals surface area contributed by atoms with Crippen LogP contribution in [0.2, 0.25) is 0 Å². The van der Waals surface area contributed by atoms with Crippen molar-refractivity contribution in [2.45, 2.75) is 32.5 Å². The zero-order valence-electron chi connectivity index (χ0n) is 10.2. The van der Waals surface area contributed by atoms with Crippen molar-refractivity contribution in [3.05, 3.63) is 0 Å². The van der Waals surface area contributed by atoms with Crippen molar-refractivity contribution in [1.82, 2.24) is 5.32 Å². The van der Waals surface area contributed by atoms with Crippen LogP contribution in [0.15, 0.2) is 0 Å². The first-order valence-corrected chi connectivity index (χ1v) is 5.16. The summed E-state index contributed by atoms with van der Waals surface area (Å²) >= 11 is 0. The van der Waals surface area contributed by atoms with Crippen LogP contribution in [0.25, 0.3) is 0 Å². The highest BCUT2D eigenvalue weighted by molar-refractivity contribution is 5.78. The SMILES string of the molecule is CC(C)(C)OC(=O)NCC(=O)OC(CO)CO. The van der Waals surface area contributed by atoms with Crippen LogP contribution in [0.5, 0.6) is 0 Å². The van der Waals surface area contributed by atoms with Gasteiger partial charge in [0.15, 0.2) is 0 Å². The number of carbonyl (C=O) groups excluding carboxylic acids is 2. The smallest absolute Gasteiger partial charge is 0.408 e. The lowest BCUT2D eigenvalue weighted by molar-refractivity contribution is -0.152. The first-order valence-electron chi connectivity index (χ1n) is 5.16. The number of esters is 1. The molecule has 7 nitrogen and oxygen atoms in total. The minimum Gasteiger partial charge on any atom is -0.456 e. The monoisotopic (exact) mass is 249 g/mol. The van der Waals surface area contributed by atoms with E-state index in [0.29, 0.717) is 0 Å². The van der Waals surface area contributed by atoms with E-state index in [2.05, 4.69) is 10.1 Å². The van der Waals surface area contributed by atoms with Crippen LogP contribution < -0.4 is 5.32 Å². The third kappa shape index (κ3) is 8.47. The molecule has 0 fully saturated rings. The van der Waals surface area contributed by atoms with Crippen LogP contribution in [0, 0.1) is 0 Å². The second-order valence-electron chi connectivity index (χ2n) is 4.33. The molecule has 1 amide bonds. The Morgan fingerprint density at radius 1 is 1.24 bits per heavy atom. The largest absolute Gasteiger partial charge is 0.456 e. The minimum absolute atomic E-state index is 0.384. The van der Waals surface area contributed by atoms with Gasteiger partial charge in [0.2, 0.25) is 0 Å². The maximum atomic E-state index is 11.1. The van der Waals surface area contributed by atoms with Crippen molar-refractivity contribution in [3.8, 4) is 0 Å². The Kier molecular flexibility index (Phi) is 6.52. The lowest BCUT2D eigenvalue weighted by Gasteiger charge is -2.19. The number of amides is 1. The molecule has 0 aliphatic heterocycles. The molecule has 17 heavy (non-hydrogen) atoms. The molecule has 0 aromatic carbocycles. The van der Waals surface area contributed by atoms with Gasteiger partial charge in [0.1, 0.15) is 18.2 Å². The fourth-order valence-corrected chi connectivity index (χ4v) is 0.818. The van der Waals surface area contributed by atoms with Crippen LogP contribution in [0.3, 0.4) is 0 Å². The summed E-state index contributed by atoms with van der Waals surface area (Å²) in [6.45, 7) is 3.74. The molecule has 7 heteroatoms. The zero-order valence-corrected chi connectivity index (χ0v) is 10.2. The standard InChI is InChI=1S/C10H19NO6/c1-10(2,3)17-9(15)11-4-8(14)16-7(5-12)6-13/h7,12-13H,4-6H2,1-3H3,(H,11,15). The number of aliphatic hydroxyl groups is 2. The number of hydrogen-bond acceptors (Lipinski definition) is 6. The summed E-state index contributed by atoms with van der Waals surface area (Å²) in [4.78, 5) is 22.3. The highest BCUT2D eigenvalue weighted by atomic mass is 16.6. The van der Waals surface area contributed by atoms with Crippen molar-refractivity contribution in [3.63, 3.8) is 0 Å². The summed E-state index contributed by atoms with van der Waals surface area (Å²) in [5.74, 6) is -0.760. The van der Waals surface area contributed by atoms with E-state index in [9.17, 15) is 9.59 Å². The van der Waals surface area contributed by atoms with E-state index in [0.717, 1.165) is 0 Å². The molecule has 0 saturated carbocycles. The molecule has 0 unspecified atom stereocenters. The third-order valence-electron chi connectivity index (χ3n) is 1.48. The Bertz CT molecular complexity index is 256. The molecule has 0 aliphatic carbocycles. The number of carbonyl (C=O) groups is 2. The van der Waals surface area contributed by atoms with E-state index >= 15 is 0 Å². The van der Waals surface area contributed by atoms with Crippen LogP contribution in [0.1, 0.15) is 20.8 Å². The number of rotatable bonds is 5. The summed E-state index contributed by atoms with van der Waals surface area (Å²) in [6.07, 6.45) is -1.71. The first-order chi connectivity index (χ1) is 7.78. The van der Waals surface area contributed by atoms with E-state index < -0.39 is 37.0 Å². The fourth-order valence-electron chi connectivity index (χ4n) is 0.818. The Hall–Kier alpha value is -1.34. The lowest BCUT2D eigenvalue weighted by atomic mass is 10.2. The van der Waals surface area contributed by atoms with Gasteiger partial charge >= 0.3 is 12.1 Å². The molecule has 0 spiro atoms. The number of nitrogens with one attached hydrogen (secondary N) is 1. The maximum absolute atomic E-state index is 11.1. The van der Waals surface area contributed by atoms with Gasteiger partial charge in [-0.25, -0.2) is 4.79 Å². The lowest BCUT2D eigenvalue weighted by Crippen LogP contribution is -2.37. The minimum atomic E-state index is -0.970. The molecular formula is C10H19NO6. The van der Waals surface area contributed by atoms with E-state index in [1.807, 2.05) is 0 Å². The first kappa shape index (κ1) is 15.7. The number of hydrogen-bond donors (Lipinski definition) is 3. The molecule has 0 heterocycles. The summed E-state index contributed by atoms with van der Waals surface area (Å²) in [7, 11) is 0. The van der Waals surface area contributed by atoms with Gasteiger partial charge in [0.25, 0.3) is 0 Å². The molecule has 0 aromatic rings. The Morgan fingerprint density at radius 2 is 1.76 bits per heavy atom. The van der Waals surface area contributed by atoms with Gasteiger partial charge in [0.05, 0.1) is 13.2 Å². The van der Waals surface area contributed by atoms with Gasteiger partial charge in [0, 0.05) is 0 Å². The predicted octanol–water partition coefficient (Wildman–Crippen LogP) is -0.593. The molecule has 0 radical (unpaired) electrons. The van der Waals surface area contributed by atoms with Crippen molar-refractivity contribution < 1.29 is 29.3 Å². The van der Waals surface area contributed by atoms with Crippen molar-refractivity contribution in [2.24, 2.45) is 0 Å². The quantitative estimate of drug-likeness (QED) is 0.562. The summed E-state index contributed by atoms with van der Waals surface area (Å²) in [5.41, 5.74) is -0.646. The fraction of sp³-hybridized carbons (Fsp3) is 0.800. The van der Waals surface area contributed by atoms with E-state index in [-0.39, 0.29) is 6.54 Å². The van der Waals surface area contributed by atoms with E-state index in [4.69, 9.17) is 14.9 Å². The average Bonchev–Trinajstić information content (AvgIpc) is 2.20. The number of aliphatic hydroxyl groups excluding tert-OH is 2. The van der Waals surface area contributed by atoms with E-state index in [1.54, 1.807) is 20.8 Å². The zero-order chi connectivity index (χ0) is 13.5. The summed E-state index contributed by atoms with van der Waals surface area (Å²) in [6, 6.07) is 0. The molecule has 0 rings (SSSR count). The van der Waals surface area contributed by atoms with Crippen molar-refractivity contribution in [2.75, 3.05) is 19.8 Å². The van der Waals surface area contributed by atoms with Gasteiger partial charge in [-0.15, -0.1) is 0 Å². The van der Waals surface area contributed by atoms with Crippen LogP contribution >= 0.6 is 0 Å². The summed E-state index contributed by atoms with van der Waals surface area (Å²) < 4.78 is 9.51. The molecule has 0 aliphatic rings. The highest BCUT2D eigenvalue weighted by Gasteiger charge is 2.18. The van der Waals surface area contributed by atoms with Crippen molar-refractivity contribution >= 4 is 12.1 Å². The van der Waals surface area contributed by atoms with Gasteiger partial charge in [-0.05, 0) is 20.8 Å². The molecule has 0 saturated heterocycles. The van der Waals surface area contributed by atoms with Gasteiger partial charge in [-0.3, -0.25) is 4.79 Å². The topological polar surface area (TPSA) is 105 Å². The van der Waals surface area contributed by atoms with Crippen LogP contribution in [-0.4, -0.2) is 53.7 Å². The maximum Gasteiger partial charge on any atom is 0.408 e. The number of alkyl carbamates (subject to hydrolysis) is 1. The average molecular weight is 249 g/mol. The van der Waals surface area contributed by atoms with Gasteiger partial charge < -0.3 is 25.0 Å². The molecular weight excluding hydrogens is 230 g/mol. The van der Waals surface area contributed by atoms with Crippen LogP contribution in [-0.2, 0) is 14.3 Å². The predicted molar refractivity (Wildman–Crippen MR) is 58.3 cm³/mol. The molecule has 0 atom stereocenters. The van der Waals surface area contributed by atoms with E-state index in [1.165, 1.54) is 0 Å². The Balaban J connectivity index is 3.88. The van der Waals surface area contributed by atoms with Gasteiger partial charge in [-0.1, -0.05) is 0 Å². The molecule has 100 valence electrons.